The van der Waals surface area contributed by atoms with E-state index in [-0.39, 0.29) is 23.7 Å². The van der Waals surface area contributed by atoms with Crippen LogP contribution >= 0.6 is 0 Å². The highest BCUT2D eigenvalue weighted by atomic mass is 16.2. The van der Waals surface area contributed by atoms with Crippen molar-refractivity contribution in [2.75, 3.05) is 13.1 Å². The number of nitrogens with one attached hydrogen (secondary N) is 2. The second-order valence-electron chi connectivity index (χ2n) is 8.14. The van der Waals surface area contributed by atoms with Crippen LogP contribution in [0.4, 0.5) is 0 Å². The van der Waals surface area contributed by atoms with Gasteiger partial charge in [0.2, 0.25) is 11.8 Å². The van der Waals surface area contributed by atoms with Gasteiger partial charge in [-0.1, -0.05) is 12.8 Å². The van der Waals surface area contributed by atoms with Gasteiger partial charge >= 0.3 is 0 Å². The maximum Gasteiger partial charge on any atom is 0.223 e. The highest BCUT2D eigenvalue weighted by Gasteiger charge is 2.43. The molecule has 22 heavy (non-hydrogen) atoms. The summed E-state index contributed by atoms with van der Waals surface area (Å²) in [5.41, 5.74) is 0. The lowest BCUT2D eigenvalue weighted by Crippen LogP contribution is -2.41. The summed E-state index contributed by atoms with van der Waals surface area (Å²) in [7, 11) is 0. The molecule has 4 nitrogen and oxygen atoms in total. The fourth-order valence-electron chi connectivity index (χ4n) is 5.77. The lowest BCUT2D eigenvalue weighted by molar-refractivity contribution is -0.128. The van der Waals surface area contributed by atoms with Crippen LogP contribution in [0.2, 0.25) is 0 Å². The summed E-state index contributed by atoms with van der Waals surface area (Å²) in [6.45, 7) is 1.17. The first-order valence-electron chi connectivity index (χ1n) is 9.26. The highest BCUT2D eigenvalue weighted by Crippen LogP contribution is 2.49. The van der Waals surface area contributed by atoms with Crippen molar-refractivity contribution in [3.63, 3.8) is 0 Å². The summed E-state index contributed by atoms with van der Waals surface area (Å²) in [4.78, 5) is 24.4. The first-order valence-corrected chi connectivity index (χ1v) is 9.26. The molecule has 0 aromatic carbocycles. The van der Waals surface area contributed by atoms with Crippen molar-refractivity contribution in [1.82, 2.24) is 10.6 Å². The van der Waals surface area contributed by atoms with Gasteiger partial charge < -0.3 is 10.6 Å². The van der Waals surface area contributed by atoms with Crippen molar-refractivity contribution in [3.05, 3.63) is 0 Å². The van der Waals surface area contributed by atoms with E-state index in [9.17, 15) is 9.59 Å². The quantitative estimate of drug-likeness (QED) is 0.764. The smallest absolute Gasteiger partial charge is 0.223 e. The molecule has 4 fully saturated rings. The van der Waals surface area contributed by atoms with Crippen LogP contribution in [0.3, 0.4) is 0 Å². The van der Waals surface area contributed by atoms with E-state index >= 15 is 0 Å². The Bertz CT molecular complexity index is 422. The van der Waals surface area contributed by atoms with E-state index in [4.69, 9.17) is 0 Å². The molecule has 4 rings (SSSR count). The molecule has 0 saturated heterocycles. The third kappa shape index (κ3) is 2.65. The number of fused-ring (bicyclic) bond motifs is 4. The van der Waals surface area contributed by atoms with Crippen molar-refractivity contribution in [1.29, 1.82) is 0 Å². The van der Waals surface area contributed by atoms with Crippen LogP contribution in [0, 0.1) is 35.5 Å². The van der Waals surface area contributed by atoms with Gasteiger partial charge in [0, 0.05) is 24.9 Å². The Morgan fingerprint density at radius 3 is 1.45 bits per heavy atom. The number of amides is 2. The lowest BCUT2D eigenvalue weighted by Gasteiger charge is -2.22. The fourth-order valence-corrected chi connectivity index (χ4v) is 5.77. The summed E-state index contributed by atoms with van der Waals surface area (Å²) >= 11 is 0. The third-order valence-corrected chi connectivity index (χ3v) is 6.87. The van der Waals surface area contributed by atoms with Crippen molar-refractivity contribution in [2.24, 2.45) is 35.5 Å². The Hall–Kier alpha value is -1.06. The van der Waals surface area contributed by atoms with Gasteiger partial charge in [0.15, 0.2) is 0 Å². The minimum absolute atomic E-state index is 0.223. The molecule has 4 bridgehead atoms. The second kappa shape index (κ2) is 5.86. The first-order chi connectivity index (χ1) is 10.7. The number of rotatable bonds is 5. The van der Waals surface area contributed by atoms with Gasteiger partial charge in [-0.2, -0.15) is 0 Å². The Morgan fingerprint density at radius 2 is 1.14 bits per heavy atom. The molecule has 0 spiro atoms. The lowest BCUT2D eigenvalue weighted by atomic mass is 9.88. The largest absolute Gasteiger partial charge is 0.354 e. The Labute approximate surface area is 132 Å². The molecule has 122 valence electrons. The van der Waals surface area contributed by atoms with Gasteiger partial charge in [-0.3, -0.25) is 9.59 Å². The standard InChI is InChI=1S/C18H28N2O2/c21-17(15-9-11-1-3-13(15)7-11)19-5-6-20-18(22)16-10-12-2-4-14(16)8-12/h11-16H,1-10H2,(H,19,21)(H,20,22)/t11-,12-,13-,14-,15-,16+/m0/s1. The van der Waals surface area contributed by atoms with Crippen molar-refractivity contribution < 1.29 is 9.59 Å². The minimum atomic E-state index is 0.223. The molecule has 4 saturated carbocycles. The van der Waals surface area contributed by atoms with Crippen molar-refractivity contribution in [2.45, 2.75) is 51.4 Å². The molecule has 2 N–H and O–H groups in total. The molecule has 0 aliphatic heterocycles. The van der Waals surface area contributed by atoms with Gasteiger partial charge in [0.1, 0.15) is 0 Å². The van der Waals surface area contributed by atoms with Crippen LogP contribution in [-0.4, -0.2) is 24.9 Å². The number of hydrogen-bond acceptors (Lipinski definition) is 2. The molecule has 4 heteroatoms. The summed E-state index contributed by atoms with van der Waals surface area (Å²) in [6, 6.07) is 0. The Kier molecular flexibility index (Phi) is 3.87. The molecule has 0 heterocycles. The van der Waals surface area contributed by atoms with Crippen LogP contribution in [0.15, 0.2) is 0 Å². The maximum atomic E-state index is 12.2. The van der Waals surface area contributed by atoms with Crippen LogP contribution < -0.4 is 10.6 Å². The summed E-state index contributed by atoms with van der Waals surface area (Å²) in [5, 5.41) is 6.07. The number of hydrogen-bond donors (Lipinski definition) is 2. The Balaban J connectivity index is 1.15. The zero-order valence-corrected chi connectivity index (χ0v) is 13.4. The predicted octanol–water partition coefficient (Wildman–Crippen LogP) is 2.09. The molecule has 0 aromatic rings. The summed E-state index contributed by atoms with van der Waals surface area (Å²) in [5.74, 6) is 3.82. The van der Waals surface area contributed by atoms with E-state index in [0.717, 1.165) is 24.7 Å². The van der Waals surface area contributed by atoms with E-state index < -0.39 is 0 Å². The predicted molar refractivity (Wildman–Crippen MR) is 83.9 cm³/mol. The highest BCUT2D eigenvalue weighted by molar-refractivity contribution is 5.80. The van der Waals surface area contributed by atoms with E-state index in [1.54, 1.807) is 0 Å². The van der Waals surface area contributed by atoms with Crippen LogP contribution in [0.5, 0.6) is 0 Å². The average Bonchev–Trinajstić information content (AvgIpc) is 3.30. The minimum Gasteiger partial charge on any atom is -0.354 e. The monoisotopic (exact) mass is 304 g/mol. The van der Waals surface area contributed by atoms with E-state index in [2.05, 4.69) is 10.6 Å². The topological polar surface area (TPSA) is 58.2 Å². The second-order valence-corrected chi connectivity index (χ2v) is 8.14. The number of carbonyl (C=O) groups is 2. The maximum absolute atomic E-state index is 12.2. The van der Waals surface area contributed by atoms with Gasteiger partial charge in [-0.15, -0.1) is 0 Å². The molecule has 0 radical (unpaired) electrons. The SMILES string of the molecule is O=C(NCCNC(=O)[C@@H]1C[C@H]2CC[C@H]1C2)[C@H]1C[C@H]2CC[C@H]1C2. The van der Waals surface area contributed by atoms with Crippen LogP contribution in [0.25, 0.3) is 0 Å². The molecule has 2 amide bonds. The van der Waals surface area contributed by atoms with Crippen LogP contribution in [0.1, 0.15) is 51.4 Å². The number of carbonyl (C=O) groups excluding carboxylic acids is 2. The summed E-state index contributed by atoms with van der Waals surface area (Å²) < 4.78 is 0. The van der Waals surface area contributed by atoms with Crippen molar-refractivity contribution in [3.8, 4) is 0 Å². The fraction of sp³-hybridized carbons (Fsp3) is 0.889. The summed E-state index contributed by atoms with van der Waals surface area (Å²) in [6.07, 6.45) is 9.84. The molecular formula is C18H28N2O2. The molecular weight excluding hydrogens is 276 g/mol. The zero-order chi connectivity index (χ0) is 15.1. The normalized spacial score (nSPS) is 41.8. The molecule has 0 aromatic heterocycles. The zero-order valence-electron chi connectivity index (χ0n) is 13.4. The van der Waals surface area contributed by atoms with Crippen molar-refractivity contribution >= 4 is 11.8 Å². The molecule has 0 unspecified atom stereocenters. The third-order valence-electron chi connectivity index (χ3n) is 6.87. The molecule has 4 aliphatic carbocycles. The van der Waals surface area contributed by atoms with Gasteiger partial charge in [-0.25, -0.2) is 0 Å². The Morgan fingerprint density at radius 1 is 0.682 bits per heavy atom. The van der Waals surface area contributed by atoms with Gasteiger partial charge in [0.25, 0.3) is 0 Å². The molecule has 4 aliphatic rings. The van der Waals surface area contributed by atoms with Gasteiger partial charge in [-0.05, 0) is 62.2 Å². The average molecular weight is 304 g/mol. The van der Waals surface area contributed by atoms with Gasteiger partial charge in [0.05, 0.1) is 0 Å². The van der Waals surface area contributed by atoms with E-state index in [1.165, 1.54) is 38.5 Å². The first kappa shape index (κ1) is 14.5. The van der Waals surface area contributed by atoms with E-state index in [0.29, 0.717) is 24.9 Å². The molecule has 6 atom stereocenters. The van der Waals surface area contributed by atoms with E-state index in [1.807, 2.05) is 0 Å². The van der Waals surface area contributed by atoms with Crippen LogP contribution in [-0.2, 0) is 9.59 Å².